The molecular weight excluding hydrogens is 350 g/mol. The molecule has 1 heterocycles. The molecule has 1 amide bonds. The Kier molecular flexibility index (Phi) is 4.87. The first-order valence-electron chi connectivity index (χ1n) is 8.45. The fraction of sp³-hybridized carbons (Fsp3) is 0.250. The smallest absolute Gasteiger partial charge is 0.251 e. The highest BCUT2D eigenvalue weighted by Gasteiger charge is 2.19. The van der Waals surface area contributed by atoms with Crippen molar-refractivity contribution in [1.82, 2.24) is 5.32 Å². The maximum Gasteiger partial charge on any atom is 0.251 e. The lowest BCUT2D eigenvalue weighted by atomic mass is 10.1. The van der Waals surface area contributed by atoms with Gasteiger partial charge >= 0.3 is 0 Å². The number of fused-ring (bicyclic) bond motifs is 1. The predicted octanol–water partition coefficient (Wildman–Crippen LogP) is 4.03. The average molecular weight is 371 g/mol. The molecule has 3 aromatic rings. The van der Waals surface area contributed by atoms with Crippen LogP contribution in [0.4, 0.5) is 0 Å². The normalized spacial score (nSPS) is 12.9. The van der Waals surface area contributed by atoms with E-state index in [9.17, 15) is 13.2 Å². The second-order valence-corrected chi connectivity index (χ2v) is 8.49. The third kappa shape index (κ3) is 3.37. The number of furan rings is 1. The van der Waals surface area contributed by atoms with Crippen LogP contribution in [0.25, 0.3) is 11.0 Å². The van der Waals surface area contributed by atoms with Gasteiger partial charge in [0.2, 0.25) is 0 Å². The van der Waals surface area contributed by atoms with E-state index in [2.05, 4.69) is 5.32 Å². The summed E-state index contributed by atoms with van der Waals surface area (Å²) in [5.74, 6) is 0.462. The summed E-state index contributed by atoms with van der Waals surface area (Å²) in [6.45, 7) is 5.42. The SMILES string of the molecule is CCS(=O)(=O)c1ccc(C(=O)NC(C)c2oc3ccccc3c2C)cc1. The molecule has 0 spiro atoms. The maximum absolute atomic E-state index is 12.5. The molecule has 1 unspecified atom stereocenters. The predicted molar refractivity (Wildman–Crippen MR) is 101 cm³/mol. The monoisotopic (exact) mass is 371 g/mol. The van der Waals surface area contributed by atoms with Crippen molar-refractivity contribution in [2.45, 2.75) is 31.7 Å². The molecule has 2 aromatic carbocycles. The Morgan fingerprint density at radius 3 is 2.38 bits per heavy atom. The Balaban J connectivity index is 1.79. The zero-order chi connectivity index (χ0) is 18.9. The molecule has 1 N–H and O–H groups in total. The Bertz CT molecular complexity index is 1050. The van der Waals surface area contributed by atoms with Crippen molar-refractivity contribution in [1.29, 1.82) is 0 Å². The number of carbonyl (C=O) groups is 1. The van der Waals surface area contributed by atoms with Crippen LogP contribution in [0.15, 0.2) is 57.8 Å². The first kappa shape index (κ1) is 18.2. The summed E-state index contributed by atoms with van der Waals surface area (Å²) in [5.41, 5.74) is 2.19. The van der Waals surface area contributed by atoms with Gasteiger partial charge in [-0.05, 0) is 44.2 Å². The Labute approximate surface area is 152 Å². The number of rotatable bonds is 5. The lowest BCUT2D eigenvalue weighted by Gasteiger charge is -2.13. The fourth-order valence-electron chi connectivity index (χ4n) is 2.93. The number of nitrogens with one attached hydrogen (secondary N) is 1. The number of para-hydroxylation sites is 1. The number of hydrogen-bond acceptors (Lipinski definition) is 4. The summed E-state index contributed by atoms with van der Waals surface area (Å²) in [5, 5.41) is 3.93. The Morgan fingerprint density at radius 1 is 1.12 bits per heavy atom. The van der Waals surface area contributed by atoms with Gasteiger partial charge in [0.15, 0.2) is 9.84 Å². The minimum Gasteiger partial charge on any atom is -0.459 e. The molecule has 26 heavy (non-hydrogen) atoms. The summed E-state index contributed by atoms with van der Waals surface area (Å²) in [6.07, 6.45) is 0. The highest BCUT2D eigenvalue weighted by molar-refractivity contribution is 7.91. The molecule has 6 heteroatoms. The molecule has 0 aliphatic heterocycles. The van der Waals surface area contributed by atoms with Crippen molar-refractivity contribution in [3.63, 3.8) is 0 Å². The van der Waals surface area contributed by atoms with Crippen LogP contribution in [0.1, 0.15) is 41.6 Å². The second kappa shape index (κ2) is 6.96. The van der Waals surface area contributed by atoms with Crippen molar-refractivity contribution in [3.8, 4) is 0 Å². The zero-order valence-electron chi connectivity index (χ0n) is 14.9. The quantitative estimate of drug-likeness (QED) is 0.735. The number of carbonyl (C=O) groups excluding carboxylic acids is 1. The molecule has 0 aliphatic rings. The van der Waals surface area contributed by atoms with Crippen LogP contribution in [-0.4, -0.2) is 20.1 Å². The summed E-state index contributed by atoms with van der Waals surface area (Å²) in [7, 11) is -3.27. The van der Waals surface area contributed by atoms with Crippen molar-refractivity contribution < 1.29 is 17.6 Å². The van der Waals surface area contributed by atoms with Crippen molar-refractivity contribution in [3.05, 3.63) is 65.4 Å². The molecule has 5 nitrogen and oxygen atoms in total. The number of hydrogen-bond donors (Lipinski definition) is 1. The van der Waals surface area contributed by atoms with Crippen molar-refractivity contribution in [2.75, 3.05) is 5.75 Å². The Morgan fingerprint density at radius 2 is 1.77 bits per heavy atom. The molecule has 136 valence electrons. The van der Waals surface area contributed by atoms with Crippen LogP contribution in [0, 0.1) is 6.92 Å². The van der Waals surface area contributed by atoms with E-state index < -0.39 is 9.84 Å². The summed E-state index contributed by atoms with van der Waals surface area (Å²) in [6, 6.07) is 13.4. The number of aryl methyl sites for hydroxylation is 1. The largest absolute Gasteiger partial charge is 0.459 e. The second-order valence-electron chi connectivity index (χ2n) is 6.21. The molecule has 1 atom stereocenters. The maximum atomic E-state index is 12.5. The molecule has 0 radical (unpaired) electrons. The van der Waals surface area contributed by atoms with Crippen LogP contribution < -0.4 is 5.32 Å². The van der Waals surface area contributed by atoms with Gasteiger partial charge in [-0.15, -0.1) is 0 Å². The van der Waals surface area contributed by atoms with E-state index in [1.165, 1.54) is 24.3 Å². The molecule has 0 saturated heterocycles. The number of sulfone groups is 1. The van der Waals surface area contributed by atoms with Gasteiger partial charge < -0.3 is 9.73 Å². The molecule has 3 rings (SSSR count). The lowest BCUT2D eigenvalue weighted by Crippen LogP contribution is -2.26. The highest BCUT2D eigenvalue weighted by Crippen LogP contribution is 2.29. The van der Waals surface area contributed by atoms with Crippen molar-refractivity contribution in [2.24, 2.45) is 0 Å². The standard InChI is InChI=1S/C20H21NO4S/c1-4-26(23,24)16-11-9-15(10-12-16)20(22)21-14(3)19-13(2)17-7-5-6-8-18(17)25-19/h5-12,14H,4H2,1-3H3,(H,21,22). The minimum atomic E-state index is -3.27. The fourth-order valence-corrected chi connectivity index (χ4v) is 3.82. The minimum absolute atomic E-state index is 0.0287. The summed E-state index contributed by atoms with van der Waals surface area (Å²) < 4.78 is 29.6. The van der Waals surface area contributed by atoms with Crippen LogP contribution in [0.5, 0.6) is 0 Å². The van der Waals surface area contributed by atoms with E-state index in [-0.39, 0.29) is 22.6 Å². The van der Waals surface area contributed by atoms with Crippen molar-refractivity contribution >= 4 is 26.7 Å². The van der Waals surface area contributed by atoms with E-state index in [1.54, 1.807) is 6.92 Å². The molecule has 1 aromatic heterocycles. The van der Waals surface area contributed by atoms with Gasteiger partial charge in [-0.25, -0.2) is 8.42 Å². The van der Waals surface area contributed by atoms with E-state index in [0.29, 0.717) is 11.3 Å². The van der Waals surface area contributed by atoms with Crippen LogP contribution >= 0.6 is 0 Å². The molecule has 0 bridgehead atoms. The van der Waals surface area contributed by atoms with Gasteiger partial charge in [-0.1, -0.05) is 25.1 Å². The first-order chi connectivity index (χ1) is 12.3. The topological polar surface area (TPSA) is 76.4 Å². The summed E-state index contributed by atoms with van der Waals surface area (Å²) >= 11 is 0. The third-order valence-electron chi connectivity index (χ3n) is 4.48. The van der Waals surface area contributed by atoms with Crippen LogP contribution in [0.3, 0.4) is 0 Å². The van der Waals surface area contributed by atoms with E-state index in [0.717, 1.165) is 16.5 Å². The zero-order valence-corrected chi connectivity index (χ0v) is 15.8. The van der Waals surface area contributed by atoms with Crippen LogP contribution in [0.2, 0.25) is 0 Å². The van der Waals surface area contributed by atoms with E-state index in [4.69, 9.17) is 4.42 Å². The van der Waals surface area contributed by atoms with Gasteiger partial charge in [-0.2, -0.15) is 0 Å². The molecular formula is C20H21NO4S. The number of amides is 1. The molecule has 0 fully saturated rings. The van der Waals surface area contributed by atoms with Gasteiger partial charge in [0.1, 0.15) is 11.3 Å². The first-order valence-corrected chi connectivity index (χ1v) is 10.1. The van der Waals surface area contributed by atoms with Gasteiger partial charge in [0, 0.05) is 16.5 Å². The third-order valence-corrected chi connectivity index (χ3v) is 6.23. The highest BCUT2D eigenvalue weighted by atomic mass is 32.2. The van der Waals surface area contributed by atoms with Crippen LogP contribution in [-0.2, 0) is 9.84 Å². The Hall–Kier alpha value is -2.60. The molecule has 0 saturated carbocycles. The van der Waals surface area contributed by atoms with Gasteiger partial charge in [0.25, 0.3) is 5.91 Å². The molecule has 0 aliphatic carbocycles. The summed E-state index contributed by atoms with van der Waals surface area (Å²) in [4.78, 5) is 12.7. The van der Waals surface area contributed by atoms with Gasteiger partial charge in [0.05, 0.1) is 16.7 Å². The average Bonchev–Trinajstić information content (AvgIpc) is 2.99. The lowest BCUT2D eigenvalue weighted by molar-refractivity contribution is 0.0935. The number of benzene rings is 2. The van der Waals surface area contributed by atoms with Gasteiger partial charge in [-0.3, -0.25) is 4.79 Å². The van der Waals surface area contributed by atoms with E-state index >= 15 is 0 Å². The van der Waals surface area contributed by atoms with E-state index in [1.807, 2.05) is 38.1 Å².